The van der Waals surface area contributed by atoms with E-state index in [0.29, 0.717) is 30.9 Å². The maximum absolute atomic E-state index is 12.9. The molecule has 1 aromatic heterocycles. The van der Waals surface area contributed by atoms with Crippen molar-refractivity contribution in [3.8, 4) is 0 Å². The zero-order chi connectivity index (χ0) is 19.2. The normalized spacial score (nSPS) is 22.6. The number of nitrogens with zero attached hydrogens (tertiary/aromatic N) is 2. The Hall–Kier alpha value is -2.70. The van der Waals surface area contributed by atoms with Gasteiger partial charge in [0, 0.05) is 25.4 Å². The number of para-hydroxylation sites is 1. The minimum atomic E-state index is -0.593. The van der Waals surface area contributed by atoms with Gasteiger partial charge in [-0.2, -0.15) is 0 Å². The number of hydrogen-bond donors (Lipinski definition) is 1. The van der Waals surface area contributed by atoms with E-state index in [4.69, 9.17) is 9.15 Å². The van der Waals surface area contributed by atoms with Crippen molar-refractivity contribution in [1.29, 1.82) is 0 Å². The molecule has 3 amide bonds. The van der Waals surface area contributed by atoms with Gasteiger partial charge in [0.1, 0.15) is 11.4 Å². The summed E-state index contributed by atoms with van der Waals surface area (Å²) in [4.78, 5) is 28.0. The average molecular weight is 371 g/mol. The summed E-state index contributed by atoms with van der Waals surface area (Å²) in [6, 6.07) is 5.59. The highest BCUT2D eigenvalue weighted by atomic mass is 16.6. The van der Waals surface area contributed by atoms with E-state index in [2.05, 4.69) is 12.2 Å². The first kappa shape index (κ1) is 17.7. The lowest BCUT2D eigenvalue weighted by molar-refractivity contribution is 0.00497. The Bertz CT molecular complexity index is 906. The Morgan fingerprint density at radius 2 is 2.15 bits per heavy atom. The number of likely N-dealkylation sites (tertiary alicyclic amines) is 1. The van der Waals surface area contributed by atoms with Crippen LogP contribution in [-0.4, -0.2) is 54.2 Å². The van der Waals surface area contributed by atoms with Crippen LogP contribution in [0.5, 0.6) is 0 Å². The number of anilines is 1. The molecule has 1 atom stereocenters. The summed E-state index contributed by atoms with van der Waals surface area (Å²) in [6.07, 6.45) is 2.07. The number of aryl methyl sites for hydroxylation is 2. The monoisotopic (exact) mass is 371 g/mol. The molecule has 3 heterocycles. The van der Waals surface area contributed by atoms with E-state index in [-0.39, 0.29) is 12.1 Å². The first-order chi connectivity index (χ1) is 12.9. The second-order valence-corrected chi connectivity index (χ2v) is 7.55. The highest BCUT2D eigenvalue weighted by molar-refractivity contribution is 6.00. The highest BCUT2D eigenvalue weighted by Crippen LogP contribution is 2.33. The fourth-order valence-electron chi connectivity index (χ4n) is 4.20. The van der Waals surface area contributed by atoms with Crippen LogP contribution >= 0.6 is 0 Å². The van der Waals surface area contributed by atoms with Gasteiger partial charge in [-0.25, -0.2) is 9.59 Å². The van der Waals surface area contributed by atoms with Gasteiger partial charge in [-0.05, 0) is 31.4 Å². The number of rotatable bonds is 2. The molecule has 1 spiro atoms. The van der Waals surface area contributed by atoms with Gasteiger partial charge in [0.15, 0.2) is 5.58 Å². The summed E-state index contributed by atoms with van der Waals surface area (Å²) in [5, 5.41) is 4.01. The quantitative estimate of drug-likeness (QED) is 0.872. The fourth-order valence-corrected chi connectivity index (χ4v) is 4.20. The number of urea groups is 1. The molecule has 0 radical (unpaired) electrons. The minimum absolute atomic E-state index is 0.195. The van der Waals surface area contributed by atoms with Gasteiger partial charge < -0.3 is 24.3 Å². The summed E-state index contributed by atoms with van der Waals surface area (Å²) in [5.74, 6) is 0.935. The van der Waals surface area contributed by atoms with Crippen molar-refractivity contribution in [2.24, 2.45) is 0 Å². The van der Waals surface area contributed by atoms with Crippen molar-refractivity contribution in [3.63, 3.8) is 0 Å². The van der Waals surface area contributed by atoms with E-state index < -0.39 is 5.60 Å². The van der Waals surface area contributed by atoms with Crippen LogP contribution in [0.15, 0.2) is 22.6 Å². The molecule has 0 saturated carbocycles. The second kappa shape index (κ2) is 6.48. The summed E-state index contributed by atoms with van der Waals surface area (Å²) in [5.41, 5.74) is 1.89. The Morgan fingerprint density at radius 3 is 2.85 bits per heavy atom. The number of nitrogens with one attached hydrogen (secondary N) is 1. The number of carbonyl (C=O) groups is 2. The molecule has 1 N–H and O–H groups in total. The summed E-state index contributed by atoms with van der Waals surface area (Å²) in [7, 11) is 1.72. The molecule has 7 heteroatoms. The smallest absolute Gasteiger partial charge is 0.410 e. The zero-order valence-corrected chi connectivity index (χ0v) is 16.0. The van der Waals surface area contributed by atoms with Crippen LogP contribution in [0.1, 0.15) is 31.1 Å². The lowest BCUT2D eigenvalue weighted by Gasteiger charge is -2.38. The Labute approximate surface area is 158 Å². The van der Waals surface area contributed by atoms with Gasteiger partial charge in [0.2, 0.25) is 0 Å². The number of hydrogen-bond acceptors (Lipinski definition) is 4. The lowest BCUT2D eigenvalue weighted by atomic mass is 9.93. The van der Waals surface area contributed by atoms with Crippen molar-refractivity contribution in [2.75, 3.05) is 32.0 Å². The van der Waals surface area contributed by atoms with Crippen LogP contribution < -0.4 is 5.32 Å². The Morgan fingerprint density at radius 1 is 1.33 bits per heavy atom. The van der Waals surface area contributed by atoms with Crippen molar-refractivity contribution in [3.05, 3.63) is 29.5 Å². The van der Waals surface area contributed by atoms with Gasteiger partial charge in [0.25, 0.3) is 0 Å². The standard InChI is InChI=1S/C20H25N3O4/c1-4-16-13(2)14-7-5-8-15(17(14)26-16)21-18(24)23-10-6-9-20(12-23)11-22(3)19(25)27-20/h5,7-8H,4,6,9-12H2,1-3H3,(H,21,24)/t20-/m0/s1. The van der Waals surface area contributed by atoms with Crippen LogP contribution in [0.2, 0.25) is 0 Å². The van der Waals surface area contributed by atoms with E-state index in [1.54, 1.807) is 16.8 Å². The van der Waals surface area contributed by atoms with Crippen LogP contribution in [0.3, 0.4) is 0 Å². The number of likely N-dealkylation sites (N-methyl/N-ethyl adjacent to an activating group) is 1. The first-order valence-electron chi connectivity index (χ1n) is 9.43. The molecule has 144 valence electrons. The van der Waals surface area contributed by atoms with Gasteiger partial charge in [0.05, 0.1) is 18.8 Å². The average Bonchev–Trinajstić information content (AvgIpc) is 3.12. The third-order valence-electron chi connectivity index (χ3n) is 5.59. The molecule has 7 nitrogen and oxygen atoms in total. The molecule has 2 aromatic rings. The Kier molecular flexibility index (Phi) is 4.25. The molecule has 1 aromatic carbocycles. The van der Waals surface area contributed by atoms with Crippen molar-refractivity contribution in [1.82, 2.24) is 9.80 Å². The molecule has 2 saturated heterocycles. The van der Waals surface area contributed by atoms with Gasteiger partial charge in [-0.3, -0.25) is 0 Å². The van der Waals surface area contributed by atoms with Crippen LogP contribution in [0.4, 0.5) is 15.3 Å². The topological polar surface area (TPSA) is 75.0 Å². The predicted octanol–water partition coefficient (Wildman–Crippen LogP) is 3.75. The fraction of sp³-hybridized carbons (Fsp3) is 0.500. The number of amides is 3. The van der Waals surface area contributed by atoms with E-state index in [0.717, 1.165) is 36.0 Å². The molecule has 2 fully saturated rings. The number of ether oxygens (including phenoxy) is 1. The van der Waals surface area contributed by atoms with Gasteiger partial charge in [-0.1, -0.05) is 19.1 Å². The molecule has 2 aliphatic rings. The largest absolute Gasteiger partial charge is 0.459 e. The SMILES string of the molecule is CCc1oc2c(NC(=O)N3CCC[C@]4(CN(C)C(=O)O4)C3)cccc2c1C. The van der Waals surface area contributed by atoms with Gasteiger partial charge >= 0.3 is 12.1 Å². The maximum atomic E-state index is 12.9. The first-order valence-corrected chi connectivity index (χ1v) is 9.43. The van der Waals surface area contributed by atoms with E-state index >= 15 is 0 Å². The zero-order valence-electron chi connectivity index (χ0n) is 16.0. The van der Waals surface area contributed by atoms with Crippen LogP contribution in [-0.2, 0) is 11.2 Å². The number of piperidine rings is 1. The predicted molar refractivity (Wildman–Crippen MR) is 102 cm³/mol. The highest BCUT2D eigenvalue weighted by Gasteiger charge is 2.47. The number of furan rings is 1. The summed E-state index contributed by atoms with van der Waals surface area (Å²) < 4.78 is 11.6. The molecule has 4 rings (SSSR count). The minimum Gasteiger partial charge on any atom is -0.459 e. The molecule has 27 heavy (non-hydrogen) atoms. The molecular weight excluding hydrogens is 346 g/mol. The van der Waals surface area contributed by atoms with Crippen molar-refractivity contribution in [2.45, 2.75) is 38.7 Å². The van der Waals surface area contributed by atoms with E-state index in [1.165, 1.54) is 0 Å². The number of benzene rings is 1. The van der Waals surface area contributed by atoms with E-state index in [9.17, 15) is 9.59 Å². The third-order valence-corrected chi connectivity index (χ3v) is 5.59. The lowest BCUT2D eigenvalue weighted by Crippen LogP contribution is -2.53. The van der Waals surface area contributed by atoms with Crippen molar-refractivity contribution >= 4 is 28.8 Å². The number of carbonyl (C=O) groups excluding carboxylic acids is 2. The van der Waals surface area contributed by atoms with Crippen LogP contribution in [0.25, 0.3) is 11.0 Å². The Balaban J connectivity index is 1.54. The third kappa shape index (κ3) is 3.01. The number of fused-ring (bicyclic) bond motifs is 1. The second-order valence-electron chi connectivity index (χ2n) is 7.55. The molecule has 0 aliphatic carbocycles. The summed E-state index contributed by atoms with van der Waals surface area (Å²) >= 11 is 0. The van der Waals surface area contributed by atoms with Gasteiger partial charge in [-0.15, -0.1) is 0 Å². The maximum Gasteiger partial charge on any atom is 0.410 e. The molecule has 2 aliphatic heterocycles. The van der Waals surface area contributed by atoms with Crippen LogP contribution in [0, 0.1) is 6.92 Å². The molecule has 0 unspecified atom stereocenters. The van der Waals surface area contributed by atoms with Crippen molar-refractivity contribution < 1.29 is 18.7 Å². The molecular formula is C20H25N3O4. The summed E-state index contributed by atoms with van der Waals surface area (Å²) in [6.45, 7) is 5.65. The van der Waals surface area contributed by atoms with E-state index in [1.807, 2.05) is 25.1 Å². The molecule has 0 bridgehead atoms.